The lowest BCUT2D eigenvalue weighted by Gasteiger charge is -2.11. The Bertz CT molecular complexity index is 1020. The van der Waals surface area contributed by atoms with E-state index in [0.29, 0.717) is 21.9 Å². The summed E-state index contributed by atoms with van der Waals surface area (Å²) in [6.07, 6.45) is 6.79. The normalized spacial score (nSPS) is 13.6. The molecule has 3 N–H and O–H groups in total. The number of amides is 2. The second-order valence-corrected chi connectivity index (χ2v) is 7.45. The number of thiophene rings is 1. The van der Waals surface area contributed by atoms with Crippen LogP contribution in [-0.2, 0) is 24.1 Å². The van der Waals surface area contributed by atoms with Gasteiger partial charge in [-0.2, -0.15) is 0 Å². The Hall–Kier alpha value is -2.74. The minimum absolute atomic E-state index is 0.0318. The van der Waals surface area contributed by atoms with Gasteiger partial charge in [0.05, 0.1) is 17.7 Å². The van der Waals surface area contributed by atoms with E-state index in [4.69, 9.17) is 5.73 Å². The van der Waals surface area contributed by atoms with Crippen LogP contribution in [0.1, 0.15) is 39.3 Å². The number of rotatable bonds is 4. The number of nitrogens with one attached hydrogen (secondary N) is 1. The molecule has 1 aliphatic rings. The quantitative estimate of drug-likeness (QED) is 0.738. The number of hydrogen-bond donors (Lipinski definition) is 2. The van der Waals surface area contributed by atoms with Gasteiger partial charge >= 0.3 is 0 Å². The molecule has 0 aromatic carbocycles. The average Bonchev–Trinajstić information content (AvgIpc) is 3.13. The molecule has 2 amide bonds. The number of carbonyl (C=O) groups is 2. The van der Waals surface area contributed by atoms with Crippen LogP contribution in [0.3, 0.4) is 0 Å². The van der Waals surface area contributed by atoms with E-state index < -0.39 is 5.91 Å². The van der Waals surface area contributed by atoms with E-state index in [1.54, 1.807) is 12.3 Å². The number of pyridine rings is 1. The van der Waals surface area contributed by atoms with Gasteiger partial charge in [-0.25, -0.2) is 9.37 Å². The number of imidazole rings is 1. The molecule has 134 valence electrons. The van der Waals surface area contributed by atoms with E-state index in [9.17, 15) is 14.0 Å². The molecule has 0 spiro atoms. The summed E-state index contributed by atoms with van der Waals surface area (Å²) in [5.74, 6) is -1.17. The van der Waals surface area contributed by atoms with Crippen LogP contribution in [0.2, 0.25) is 0 Å². The van der Waals surface area contributed by atoms with E-state index in [1.165, 1.54) is 28.0 Å². The van der Waals surface area contributed by atoms with Crippen molar-refractivity contribution in [2.75, 3.05) is 5.32 Å². The summed E-state index contributed by atoms with van der Waals surface area (Å²) in [5.41, 5.74) is 8.05. The van der Waals surface area contributed by atoms with Gasteiger partial charge in [0.25, 0.3) is 5.91 Å². The van der Waals surface area contributed by atoms with Gasteiger partial charge in [-0.15, -0.1) is 11.3 Å². The van der Waals surface area contributed by atoms with Gasteiger partial charge in [-0.3, -0.25) is 9.59 Å². The van der Waals surface area contributed by atoms with Crippen molar-refractivity contribution in [1.29, 1.82) is 0 Å². The Morgan fingerprint density at radius 2 is 2.08 bits per heavy atom. The predicted octanol–water partition coefficient (Wildman–Crippen LogP) is 2.69. The predicted molar refractivity (Wildman–Crippen MR) is 97.0 cm³/mol. The summed E-state index contributed by atoms with van der Waals surface area (Å²) < 4.78 is 14.8. The molecule has 3 heterocycles. The Balaban J connectivity index is 1.56. The molecule has 0 fully saturated rings. The lowest BCUT2D eigenvalue weighted by molar-refractivity contribution is -0.115. The summed E-state index contributed by atoms with van der Waals surface area (Å²) in [4.78, 5) is 29.7. The minimum atomic E-state index is -0.511. The standard InChI is InChI=1S/C18H17FN4O2S/c19-10-5-6-14-21-11(9-23(14)8-10)7-15(24)22-18-16(17(20)25)12-3-1-2-4-13(12)26-18/h5-6,8-9H,1-4,7H2,(H2,20,25)(H,22,24). The third-order valence-corrected chi connectivity index (χ3v) is 5.68. The molecule has 0 bridgehead atoms. The fourth-order valence-corrected chi connectivity index (χ4v) is 4.66. The maximum absolute atomic E-state index is 13.3. The first-order chi connectivity index (χ1) is 12.5. The van der Waals surface area contributed by atoms with E-state index in [0.717, 1.165) is 36.1 Å². The van der Waals surface area contributed by atoms with Crippen molar-refractivity contribution in [2.24, 2.45) is 5.73 Å². The molecule has 0 saturated heterocycles. The van der Waals surface area contributed by atoms with Crippen LogP contribution in [0.4, 0.5) is 9.39 Å². The van der Waals surface area contributed by atoms with Gasteiger partial charge in [0.15, 0.2) is 0 Å². The van der Waals surface area contributed by atoms with Crippen LogP contribution in [-0.4, -0.2) is 21.2 Å². The number of halogens is 1. The summed E-state index contributed by atoms with van der Waals surface area (Å²) in [6, 6.07) is 2.87. The van der Waals surface area contributed by atoms with E-state index in [1.807, 2.05) is 0 Å². The fourth-order valence-electron chi connectivity index (χ4n) is 3.35. The Morgan fingerprint density at radius 3 is 2.88 bits per heavy atom. The Labute approximate surface area is 152 Å². The molecule has 0 saturated carbocycles. The molecular weight excluding hydrogens is 355 g/mol. The summed E-state index contributed by atoms with van der Waals surface area (Å²) in [7, 11) is 0. The number of primary amides is 1. The Kier molecular flexibility index (Phi) is 4.20. The Morgan fingerprint density at radius 1 is 1.27 bits per heavy atom. The molecular formula is C18H17FN4O2S. The highest BCUT2D eigenvalue weighted by molar-refractivity contribution is 7.17. The third-order valence-electron chi connectivity index (χ3n) is 4.48. The smallest absolute Gasteiger partial charge is 0.251 e. The molecule has 8 heteroatoms. The van der Waals surface area contributed by atoms with Gasteiger partial charge in [0, 0.05) is 17.3 Å². The summed E-state index contributed by atoms with van der Waals surface area (Å²) in [5, 5.41) is 3.33. The fraction of sp³-hybridized carbons (Fsp3) is 0.278. The second kappa shape index (κ2) is 6.53. The topological polar surface area (TPSA) is 89.5 Å². The van der Waals surface area contributed by atoms with Gasteiger partial charge in [-0.05, 0) is 43.4 Å². The average molecular weight is 372 g/mol. The molecule has 0 atom stereocenters. The molecule has 0 radical (unpaired) electrons. The summed E-state index contributed by atoms with van der Waals surface area (Å²) in [6.45, 7) is 0. The molecule has 4 rings (SSSR count). The number of carbonyl (C=O) groups excluding carboxylic acids is 2. The lowest BCUT2D eigenvalue weighted by Crippen LogP contribution is -2.19. The van der Waals surface area contributed by atoms with E-state index >= 15 is 0 Å². The molecule has 3 aromatic rings. The second-order valence-electron chi connectivity index (χ2n) is 6.35. The van der Waals surface area contributed by atoms with E-state index in [-0.39, 0.29) is 18.1 Å². The molecule has 3 aromatic heterocycles. The third kappa shape index (κ3) is 3.08. The number of aryl methyl sites for hydroxylation is 1. The minimum Gasteiger partial charge on any atom is -0.365 e. The highest BCUT2D eigenvalue weighted by Crippen LogP contribution is 2.37. The number of hydrogen-bond acceptors (Lipinski definition) is 4. The van der Waals surface area contributed by atoms with Crippen LogP contribution in [0.15, 0.2) is 24.5 Å². The van der Waals surface area contributed by atoms with Crippen LogP contribution < -0.4 is 11.1 Å². The largest absolute Gasteiger partial charge is 0.365 e. The lowest BCUT2D eigenvalue weighted by atomic mass is 9.95. The molecule has 26 heavy (non-hydrogen) atoms. The highest BCUT2D eigenvalue weighted by atomic mass is 32.1. The van der Waals surface area contributed by atoms with E-state index in [2.05, 4.69) is 10.3 Å². The first-order valence-corrected chi connectivity index (χ1v) is 9.20. The van der Waals surface area contributed by atoms with Crippen molar-refractivity contribution in [2.45, 2.75) is 32.1 Å². The van der Waals surface area contributed by atoms with Crippen molar-refractivity contribution < 1.29 is 14.0 Å². The molecule has 0 aliphatic heterocycles. The van der Waals surface area contributed by atoms with Crippen molar-refractivity contribution in [3.05, 3.63) is 52.0 Å². The number of anilines is 1. The number of nitrogens with two attached hydrogens (primary N) is 1. The van der Waals surface area contributed by atoms with Gasteiger partial charge in [0.2, 0.25) is 5.91 Å². The maximum Gasteiger partial charge on any atom is 0.251 e. The zero-order valence-electron chi connectivity index (χ0n) is 13.9. The van der Waals surface area contributed by atoms with Crippen molar-refractivity contribution >= 4 is 33.8 Å². The van der Waals surface area contributed by atoms with Crippen LogP contribution in [0.5, 0.6) is 0 Å². The number of fused-ring (bicyclic) bond motifs is 2. The maximum atomic E-state index is 13.3. The van der Waals surface area contributed by atoms with Crippen molar-refractivity contribution in [3.8, 4) is 0 Å². The first kappa shape index (κ1) is 16.7. The SMILES string of the molecule is NC(=O)c1c(NC(=O)Cc2cn3cc(F)ccc3n2)sc2c1CCCC2. The molecule has 0 unspecified atom stereocenters. The molecule has 1 aliphatic carbocycles. The van der Waals surface area contributed by atoms with Crippen LogP contribution in [0.25, 0.3) is 5.65 Å². The molecule has 6 nitrogen and oxygen atoms in total. The van der Waals surface area contributed by atoms with Gasteiger partial charge in [-0.1, -0.05) is 0 Å². The monoisotopic (exact) mass is 372 g/mol. The van der Waals surface area contributed by atoms with Gasteiger partial charge < -0.3 is 15.5 Å². The summed E-state index contributed by atoms with van der Waals surface area (Å²) >= 11 is 1.43. The first-order valence-electron chi connectivity index (χ1n) is 8.38. The number of aromatic nitrogens is 2. The highest BCUT2D eigenvalue weighted by Gasteiger charge is 2.25. The van der Waals surface area contributed by atoms with Crippen LogP contribution >= 0.6 is 11.3 Å². The van der Waals surface area contributed by atoms with Crippen molar-refractivity contribution in [3.63, 3.8) is 0 Å². The van der Waals surface area contributed by atoms with Crippen molar-refractivity contribution in [1.82, 2.24) is 9.38 Å². The zero-order chi connectivity index (χ0) is 18.3. The van der Waals surface area contributed by atoms with Gasteiger partial charge in [0.1, 0.15) is 16.5 Å². The van der Waals surface area contributed by atoms with Crippen LogP contribution in [0, 0.1) is 5.82 Å². The number of nitrogens with zero attached hydrogens (tertiary/aromatic N) is 2. The zero-order valence-corrected chi connectivity index (χ0v) is 14.7.